The Morgan fingerprint density at radius 1 is 1.43 bits per heavy atom. The van der Waals surface area contributed by atoms with Crippen LogP contribution in [0.2, 0.25) is 0 Å². The van der Waals surface area contributed by atoms with Crippen molar-refractivity contribution in [3.05, 3.63) is 29.7 Å². The predicted octanol–water partition coefficient (Wildman–Crippen LogP) is 1.54. The van der Waals surface area contributed by atoms with Gasteiger partial charge in [-0.05, 0) is 38.6 Å². The van der Waals surface area contributed by atoms with E-state index in [4.69, 9.17) is 4.74 Å². The van der Waals surface area contributed by atoms with Gasteiger partial charge in [0.1, 0.15) is 0 Å². The lowest BCUT2D eigenvalue weighted by Crippen LogP contribution is -2.37. The number of esters is 1. The van der Waals surface area contributed by atoms with Gasteiger partial charge in [-0.3, -0.25) is 0 Å². The molecule has 21 heavy (non-hydrogen) atoms. The highest BCUT2D eigenvalue weighted by molar-refractivity contribution is 5.89. The van der Waals surface area contributed by atoms with Gasteiger partial charge in [-0.1, -0.05) is 6.42 Å². The number of fused-ring (bicyclic) bond motifs is 1. The zero-order valence-corrected chi connectivity index (χ0v) is 12.5. The lowest BCUT2D eigenvalue weighted by molar-refractivity contribution is 0.0600. The lowest BCUT2D eigenvalue weighted by Gasteiger charge is -2.31. The van der Waals surface area contributed by atoms with Crippen molar-refractivity contribution in [3.63, 3.8) is 0 Å². The van der Waals surface area contributed by atoms with Crippen LogP contribution in [0, 0.1) is 0 Å². The highest BCUT2D eigenvalue weighted by Crippen LogP contribution is 2.18. The van der Waals surface area contributed by atoms with Gasteiger partial charge in [0.15, 0.2) is 11.5 Å². The standard InChI is InChI=1S/C15H20N4O2/c1-18-8-4-3-5-12(18)9-13-16-14-7-6-11(15(20)21-2)10-19(14)17-13/h6-7,10,12H,3-5,8-9H2,1-2H3. The SMILES string of the molecule is COC(=O)c1ccc2nc(CC3CCCCN3C)nn2c1. The van der Waals surface area contributed by atoms with Gasteiger partial charge in [0, 0.05) is 18.7 Å². The molecule has 0 radical (unpaired) electrons. The Kier molecular flexibility index (Phi) is 3.88. The minimum Gasteiger partial charge on any atom is -0.465 e. The number of carbonyl (C=O) groups is 1. The van der Waals surface area contributed by atoms with E-state index in [-0.39, 0.29) is 5.97 Å². The van der Waals surface area contributed by atoms with E-state index in [0.29, 0.717) is 11.6 Å². The van der Waals surface area contributed by atoms with Crippen molar-refractivity contribution in [2.45, 2.75) is 31.7 Å². The molecule has 1 unspecified atom stereocenters. The summed E-state index contributed by atoms with van der Waals surface area (Å²) in [5, 5.41) is 4.49. The van der Waals surface area contributed by atoms with Gasteiger partial charge in [-0.2, -0.15) is 5.10 Å². The number of rotatable bonds is 3. The summed E-state index contributed by atoms with van der Waals surface area (Å²) in [7, 11) is 3.53. The highest BCUT2D eigenvalue weighted by atomic mass is 16.5. The van der Waals surface area contributed by atoms with Crippen molar-refractivity contribution in [1.82, 2.24) is 19.5 Å². The Morgan fingerprint density at radius 2 is 2.29 bits per heavy atom. The number of likely N-dealkylation sites (tertiary alicyclic amines) is 1. The normalized spacial score (nSPS) is 19.8. The molecule has 1 fully saturated rings. The van der Waals surface area contributed by atoms with Gasteiger partial charge < -0.3 is 9.64 Å². The van der Waals surface area contributed by atoms with E-state index in [2.05, 4.69) is 22.0 Å². The molecule has 6 heteroatoms. The lowest BCUT2D eigenvalue weighted by atomic mass is 10.00. The molecule has 0 bridgehead atoms. The van der Waals surface area contributed by atoms with Crippen LogP contribution in [0.25, 0.3) is 5.65 Å². The van der Waals surface area contributed by atoms with E-state index in [0.717, 1.165) is 24.4 Å². The first-order valence-corrected chi connectivity index (χ1v) is 7.31. The summed E-state index contributed by atoms with van der Waals surface area (Å²) in [5.74, 6) is 0.469. The van der Waals surface area contributed by atoms with Crippen molar-refractivity contribution in [2.75, 3.05) is 20.7 Å². The number of ether oxygens (including phenoxy) is 1. The molecule has 1 saturated heterocycles. The summed E-state index contributed by atoms with van der Waals surface area (Å²) < 4.78 is 6.38. The topological polar surface area (TPSA) is 59.7 Å². The number of hydrogen-bond donors (Lipinski definition) is 0. The number of carbonyl (C=O) groups excluding carboxylic acids is 1. The van der Waals surface area contributed by atoms with Crippen LogP contribution in [-0.2, 0) is 11.2 Å². The Morgan fingerprint density at radius 3 is 3.05 bits per heavy atom. The van der Waals surface area contributed by atoms with Gasteiger partial charge in [0.2, 0.25) is 0 Å². The van der Waals surface area contributed by atoms with E-state index in [1.54, 1.807) is 22.8 Å². The third-order valence-electron chi connectivity index (χ3n) is 4.14. The fourth-order valence-electron chi connectivity index (χ4n) is 2.87. The summed E-state index contributed by atoms with van der Waals surface area (Å²) in [6.07, 6.45) is 6.26. The molecule has 2 aromatic rings. The maximum absolute atomic E-state index is 11.5. The van der Waals surface area contributed by atoms with Crippen LogP contribution in [-0.4, -0.2) is 52.2 Å². The van der Waals surface area contributed by atoms with Crippen LogP contribution in [0.3, 0.4) is 0 Å². The number of pyridine rings is 1. The summed E-state index contributed by atoms with van der Waals surface area (Å²) >= 11 is 0. The molecule has 1 aliphatic heterocycles. The van der Waals surface area contributed by atoms with E-state index in [1.807, 2.05) is 0 Å². The second-order valence-electron chi connectivity index (χ2n) is 5.57. The van der Waals surface area contributed by atoms with Crippen LogP contribution >= 0.6 is 0 Å². The monoisotopic (exact) mass is 288 g/mol. The minimum atomic E-state index is -0.360. The molecule has 0 saturated carbocycles. The molecule has 2 aromatic heterocycles. The molecule has 0 aliphatic carbocycles. The van der Waals surface area contributed by atoms with Crippen molar-refractivity contribution in [1.29, 1.82) is 0 Å². The summed E-state index contributed by atoms with van der Waals surface area (Å²) in [6, 6.07) is 4.02. The van der Waals surface area contributed by atoms with E-state index >= 15 is 0 Å². The Bertz CT molecular complexity index is 652. The van der Waals surface area contributed by atoms with Crippen molar-refractivity contribution in [3.8, 4) is 0 Å². The Hall–Kier alpha value is -1.95. The molecule has 112 valence electrons. The maximum Gasteiger partial charge on any atom is 0.339 e. The fourth-order valence-corrected chi connectivity index (χ4v) is 2.87. The predicted molar refractivity (Wildman–Crippen MR) is 78.3 cm³/mol. The molecular formula is C15H20N4O2. The van der Waals surface area contributed by atoms with Crippen molar-refractivity contribution in [2.24, 2.45) is 0 Å². The van der Waals surface area contributed by atoms with E-state index < -0.39 is 0 Å². The van der Waals surface area contributed by atoms with E-state index in [1.165, 1.54) is 26.4 Å². The molecule has 1 aliphatic rings. The van der Waals surface area contributed by atoms with Gasteiger partial charge in [-0.25, -0.2) is 14.3 Å². The maximum atomic E-state index is 11.5. The molecule has 0 amide bonds. The molecule has 0 N–H and O–H groups in total. The van der Waals surface area contributed by atoms with Crippen molar-refractivity contribution >= 4 is 11.6 Å². The zero-order chi connectivity index (χ0) is 14.8. The van der Waals surface area contributed by atoms with Crippen molar-refractivity contribution < 1.29 is 9.53 Å². The van der Waals surface area contributed by atoms with Gasteiger partial charge in [0.25, 0.3) is 0 Å². The zero-order valence-electron chi connectivity index (χ0n) is 12.5. The summed E-state index contributed by atoms with van der Waals surface area (Å²) in [4.78, 5) is 18.5. The number of piperidine rings is 1. The molecule has 6 nitrogen and oxygen atoms in total. The Balaban J connectivity index is 1.82. The number of hydrogen-bond acceptors (Lipinski definition) is 5. The largest absolute Gasteiger partial charge is 0.465 e. The minimum absolute atomic E-state index is 0.360. The third-order valence-corrected chi connectivity index (χ3v) is 4.14. The summed E-state index contributed by atoms with van der Waals surface area (Å²) in [5.41, 5.74) is 1.24. The molecule has 3 rings (SSSR count). The molecular weight excluding hydrogens is 268 g/mol. The average molecular weight is 288 g/mol. The number of aromatic nitrogens is 3. The van der Waals surface area contributed by atoms with Gasteiger partial charge in [-0.15, -0.1) is 0 Å². The smallest absolute Gasteiger partial charge is 0.339 e. The average Bonchev–Trinajstić information content (AvgIpc) is 2.90. The molecule has 3 heterocycles. The summed E-state index contributed by atoms with van der Waals surface area (Å²) in [6.45, 7) is 1.14. The quantitative estimate of drug-likeness (QED) is 0.802. The second kappa shape index (κ2) is 5.81. The molecule has 0 aromatic carbocycles. The number of likely N-dealkylation sites (N-methyl/N-ethyl adjacent to an activating group) is 1. The first-order valence-electron chi connectivity index (χ1n) is 7.31. The fraction of sp³-hybridized carbons (Fsp3) is 0.533. The number of nitrogens with zero attached hydrogens (tertiary/aromatic N) is 4. The molecule has 1 atom stereocenters. The van der Waals surface area contributed by atoms with Gasteiger partial charge >= 0.3 is 5.97 Å². The first-order chi connectivity index (χ1) is 10.2. The van der Waals surface area contributed by atoms with Crippen LogP contribution in [0.4, 0.5) is 0 Å². The third kappa shape index (κ3) is 2.90. The van der Waals surface area contributed by atoms with Crippen LogP contribution in [0.5, 0.6) is 0 Å². The number of methoxy groups -OCH3 is 1. The van der Waals surface area contributed by atoms with Crippen LogP contribution < -0.4 is 0 Å². The molecule has 0 spiro atoms. The van der Waals surface area contributed by atoms with Crippen LogP contribution in [0.1, 0.15) is 35.4 Å². The van der Waals surface area contributed by atoms with Crippen LogP contribution in [0.15, 0.2) is 18.3 Å². The van der Waals surface area contributed by atoms with E-state index in [9.17, 15) is 4.79 Å². The highest BCUT2D eigenvalue weighted by Gasteiger charge is 2.21. The Labute approximate surface area is 123 Å². The second-order valence-corrected chi connectivity index (χ2v) is 5.57. The first kappa shape index (κ1) is 14.0. The van der Waals surface area contributed by atoms with Gasteiger partial charge in [0.05, 0.1) is 12.7 Å².